The molecule has 3 aromatic rings. The molecule has 0 N–H and O–H groups in total. The highest BCUT2D eigenvalue weighted by Gasteiger charge is 2.12. The second kappa shape index (κ2) is 8.78. The Balaban J connectivity index is 1.80. The maximum atomic E-state index is 11.8. The summed E-state index contributed by atoms with van der Waals surface area (Å²) in [5, 5.41) is 1.41. The maximum Gasteiger partial charge on any atom is 0.338 e. The van der Waals surface area contributed by atoms with E-state index in [1.165, 1.54) is 18.9 Å². The van der Waals surface area contributed by atoms with Gasteiger partial charge in [0.25, 0.3) is 0 Å². The monoisotopic (exact) mass is 463 g/mol. The molecule has 0 bridgehead atoms. The van der Waals surface area contributed by atoms with Crippen LogP contribution < -0.4 is 0 Å². The molecule has 0 aliphatic heterocycles. The number of halogens is 2. The lowest BCUT2D eigenvalue weighted by Crippen LogP contribution is -2.03. The molecule has 4 nitrogen and oxygen atoms in total. The molecule has 2 aromatic carbocycles. The molecule has 0 aliphatic rings. The van der Waals surface area contributed by atoms with E-state index >= 15 is 0 Å². The van der Waals surface area contributed by atoms with Gasteiger partial charge in [-0.05, 0) is 64.8 Å². The zero-order chi connectivity index (χ0) is 19.4. The molecule has 0 fully saturated rings. The number of carbonyl (C=O) groups is 1. The zero-order valence-electron chi connectivity index (χ0n) is 14.5. The van der Waals surface area contributed by atoms with Gasteiger partial charge in [-0.1, -0.05) is 29.4 Å². The van der Waals surface area contributed by atoms with E-state index in [9.17, 15) is 4.79 Å². The highest BCUT2D eigenvalue weighted by Crippen LogP contribution is 2.36. The fourth-order valence-electron chi connectivity index (χ4n) is 2.34. The first-order valence-corrected chi connectivity index (χ1v) is 9.91. The highest BCUT2D eigenvalue weighted by atomic mass is 79.9. The van der Waals surface area contributed by atoms with Gasteiger partial charge in [0.1, 0.15) is 5.76 Å². The smallest absolute Gasteiger partial charge is 0.338 e. The fraction of sp³-hybridized carbons (Fsp3) is 0.100. The highest BCUT2D eigenvalue weighted by molar-refractivity contribution is 9.10. The van der Waals surface area contributed by atoms with Gasteiger partial charge < -0.3 is 9.15 Å². The molecule has 138 valence electrons. The number of aliphatic imine (C=N–C) groups is 1. The lowest BCUT2D eigenvalue weighted by atomic mass is 10.1. The van der Waals surface area contributed by atoms with Crippen LogP contribution in [0.1, 0.15) is 21.7 Å². The van der Waals surface area contributed by atoms with Crippen molar-refractivity contribution in [2.45, 2.75) is 16.9 Å². The Morgan fingerprint density at radius 3 is 2.70 bits per heavy atom. The van der Waals surface area contributed by atoms with E-state index in [4.69, 9.17) is 20.8 Å². The van der Waals surface area contributed by atoms with Crippen molar-refractivity contribution in [1.82, 2.24) is 0 Å². The van der Waals surface area contributed by atoms with Crippen molar-refractivity contribution in [1.29, 1.82) is 0 Å². The van der Waals surface area contributed by atoms with Gasteiger partial charge >= 0.3 is 5.97 Å². The van der Waals surface area contributed by atoms with Crippen LogP contribution in [0.3, 0.4) is 0 Å². The Labute approximate surface area is 174 Å². The van der Waals surface area contributed by atoms with E-state index < -0.39 is 0 Å². The summed E-state index contributed by atoms with van der Waals surface area (Å²) < 4.78 is 11.5. The van der Waals surface area contributed by atoms with Crippen molar-refractivity contribution >= 4 is 57.2 Å². The second-order valence-corrected chi connectivity index (χ2v) is 7.88. The molecule has 0 amide bonds. The van der Waals surface area contributed by atoms with Gasteiger partial charge in [0.05, 0.1) is 29.0 Å². The number of carbonyl (C=O) groups excluding carboxylic acids is 1. The van der Waals surface area contributed by atoms with Crippen molar-refractivity contribution in [3.8, 4) is 0 Å². The van der Waals surface area contributed by atoms with E-state index in [2.05, 4.69) is 20.9 Å². The van der Waals surface area contributed by atoms with Gasteiger partial charge in [-0.2, -0.15) is 0 Å². The Bertz CT molecular complexity index is 999. The van der Waals surface area contributed by atoms with Crippen molar-refractivity contribution in [2.24, 2.45) is 4.99 Å². The molecule has 1 heterocycles. The molecule has 0 atom stereocenters. The molecule has 0 unspecified atom stereocenters. The Morgan fingerprint density at radius 2 is 2.00 bits per heavy atom. The molecule has 0 radical (unpaired) electrons. The van der Waals surface area contributed by atoms with Crippen molar-refractivity contribution in [2.75, 3.05) is 7.11 Å². The molecule has 0 spiro atoms. The van der Waals surface area contributed by atoms with Crippen molar-refractivity contribution < 1.29 is 13.9 Å². The summed E-state index contributed by atoms with van der Waals surface area (Å²) in [7, 11) is 1.36. The molecule has 7 heteroatoms. The number of nitrogens with zero attached hydrogens (tertiary/aromatic N) is 1. The zero-order valence-corrected chi connectivity index (χ0v) is 17.7. The molecule has 27 heavy (non-hydrogen) atoms. The van der Waals surface area contributed by atoms with Crippen LogP contribution in [-0.2, 0) is 4.74 Å². The third-order valence-electron chi connectivity index (χ3n) is 3.74. The summed E-state index contributed by atoms with van der Waals surface area (Å²) >= 11 is 10.9. The topological polar surface area (TPSA) is 51.8 Å². The third-order valence-corrected chi connectivity index (χ3v) is 5.84. The molecule has 1 aromatic heterocycles. The Hall–Kier alpha value is -2.02. The number of hydrogen-bond acceptors (Lipinski definition) is 5. The molecule has 0 saturated heterocycles. The second-order valence-electron chi connectivity index (χ2n) is 5.54. The molecule has 3 rings (SSSR count). The molecular weight excluding hydrogens is 450 g/mol. The van der Waals surface area contributed by atoms with E-state index in [-0.39, 0.29) is 5.97 Å². The minimum absolute atomic E-state index is 0.382. The van der Waals surface area contributed by atoms with Crippen LogP contribution in [0.2, 0.25) is 5.02 Å². The van der Waals surface area contributed by atoms with Crippen LogP contribution in [0.25, 0.3) is 0 Å². The quantitative estimate of drug-likeness (QED) is 0.312. The summed E-state index contributed by atoms with van der Waals surface area (Å²) in [6.07, 6.45) is 1.63. The number of furan rings is 1. The van der Waals surface area contributed by atoms with Crippen LogP contribution in [0.5, 0.6) is 0 Å². The predicted molar refractivity (Wildman–Crippen MR) is 112 cm³/mol. The molecule has 0 saturated carbocycles. The number of esters is 1. The van der Waals surface area contributed by atoms with E-state index in [1.807, 2.05) is 43.3 Å². The van der Waals surface area contributed by atoms with Gasteiger partial charge in [0, 0.05) is 16.0 Å². The van der Waals surface area contributed by atoms with Crippen LogP contribution >= 0.6 is 39.3 Å². The first kappa shape index (κ1) is 19.7. The SMILES string of the molecule is COC(=O)c1cccc(N=Cc2cc(Br)c(Sc3ccc(Cl)cc3)o2)c1C. The van der Waals surface area contributed by atoms with E-state index in [0.29, 0.717) is 22.0 Å². The van der Waals surface area contributed by atoms with Crippen LogP contribution in [0, 0.1) is 6.92 Å². The standard InChI is InChI=1S/C20H15BrClNO3S/c1-12-16(19(24)25-2)4-3-5-18(12)23-11-14-10-17(21)20(26-14)27-15-8-6-13(22)7-9-15/h3-11H,1-2H3. The summed E-state index contributed by atoms with van der Waals surface area (Å²) in [6, 6.07) is 14.7. The van der Waals surface area contributed by atoms with Crippen LogP contribution in [0.15, 0.2) is 72.4 Å². The number of benzene rings is 2. The van der Waals surface area contributed by atoms with Gasteiger partial charge in [-0.25, -0.2) is 4.79 Å². The number of hydrogen-bond donors (Lipinski definition) is 0. The maximum absolute atomic E-state index is 11.8. The molecular formula is C20H15BrClNO3S. The third kappa shape index (κ3) is 4.83. The van der Waals surface area contributed by atoms with Crippen LogP contribution in [0.4, 0.5) is 5.69 Å². The van der Waals surface area contributed by atoms with Gasteiger partial charge in [-0.15, -0.1) is 0 Å². The lowest BCUT2D eigenvalue weighted by Gasteiger charge is -2.05. The first-order chi connectivity index (χ1) is 13.0. The van der Waals surface area contributed by atoms with Gasteiger partial charge in [0.2, 0.25) is 0 Å². The van der Waals surface area contributed by atoms with E-state index in [1.54, 1.807) is 18.3 Å². The minimum Gasteiger partial charge on any atom is -0.465 e. The van der Waals surface area contributed by atoms with Crippen molar-refractivity contribution in [3.63, 3.8) is 0 Å². The summed E-state index contributed by atoms with van der Waals surface area (Å²) in [5.41, 5.74) is 1.92. The average molecular weight is 465 g/mol. The fourth-order valence-corrected chi connectivity index (χ4v) is 3.80. The summed E-state index contributed by atoms with van der Waals surface area (Å²) in [6.45, 7) is 1.83. The first-order valence-electron chi connectivity index (χ1n) is 7.92. The lowest BCUT2D eigenvalue weighted by molar-refractivity contribution is 0.0600. The molecule has 0 aliphatic carbocycles. The Morgan fingerprint density at radius 1 is 1.26 bits per heavy atom. The predicted octanol–water partition coefficient (Wildman–Crippen LogP) is 6.69. The Kier molecular flexibility index (Phi) is 6.42. The normalized spacial score (nSPS) is 11.1. The number of rotatable bonds is 5. The van der Waals surface area contributed by atoms with Gasteiger partial charge in [-0.3, -0.25) is 4.99 Å². The van der Waals surface area contributed by atoms with Crippen LogP contribution in [-0.4, -0.2) is 19.3 Å². The summed E-state index contributed by atoms with van der Waals surface area (Å²) in [4.78, 5) is 17.3. The largest absolute Gasteiger partial charge is 0.465 e. The number of methoxy groups -OCH3 is 1. The number of ether oxygens (including phenoxy) is 1. The van der Waals surface area contributed by atoms with Crippen molar-refractivity contribution in [3.05, 3.63) is 74.9 Å². The summed E-state index contributed by atoms with van der Waals surface area (Å²) in [5.74, 6) is 0.216. The average Bonchev–Trinajstić information content (AvgIpc) is 3.01. The van der Waals surface area contributed by atoms with E-state index in [0.717, 1.165) is 20.0 Å². The van der Waals surface area contributed by atoms with Gasteiger partial charge in [0.15, 0.2) is 5.09 Å². The minimum atomic E-state index is -0.382.